The Hall–Kier alpha value is -1.72. The van der Waals surface area contributed by atoms with E-state index in [-0.39, 0.29) is 6.03 Å². The Labute approximate surface area is 117 Å². The summed E-state index contributed by atoms with van der Waals surface area (Å²) >= 11 is 0. The Morgan fingerprint density at radius 2 is 1.85 bits per heavy atom. The Morgan fingerprint density at radius 1 is 1.30 bits per heavy atom. The molecule has 6 heteroatoms. The van der Waals surface area contributed by atoms with Gasteiger partial charge < -0.3 is 10.2 Å². The van der Waals surface area contributed by atoms with Crippen molar-refractivity contribution in [1.82, 2.24) is 4.90 Å². The van der Waals surface area contributed by atoms with E-state index in [1.54, 1.807) is 14.0 Å². The Kier molecular flexibility index (Phi) is 7.10. The average Bonchev–Trinajstić information content (AvgIpc) is 2.41. The van der Waals surface area contributed by atoms with Crippen LogP contribution in [0.3, 0.4) is 0 Å². The van der Waals surface area contributed by atoms with Gasteiger partial charge >= 0.3 is 12.2 Å². The number of carbonyl (C=O) groups excluding carboxylic acids is 1. The summed E-state index contributed by atoms with van der Waals surface area (Å²) < 4.78 is 37.3. The third-order valence-corrected chi connectivity index (χ3v) is 2.62. The molecule has 0 spiro atoms. The minimum absolute atomic E-state index is 0.347. The van der Waals surface area contributed by atoms with Crippen LogP contribution in [0.2, 0.25) is 0 Å². The first-order chi connectivity index (χ1) is 9.25. The summed E-state index contributed by atoms with van der Waals surface area (Å²) in [6.07, 6.45) is -4.37. The first-order valence-corrected chi connectivity index (χ1v) is 6.45. The topological polar surface area (TPSA) is 32.3 Å². The number of aryl methyl sites for hydroxylation is 1. The number of anilines is 1. The van der Waals surface area contributed by atoms with Crippen LogP contribution in [0.15, 0.2) is 18.2 Å². The number of benzene rings is 1. The molecule has 1 N–H and O–H groups in total. The van der Waals surface area contributed by atoms with Gasteiger partial charge in [0, 0.05) is 19.3 Å². The van der Waals surface area contributed by atoms with Crippen LogP contribution >= 0.6 is 0 Å². The molecule has 0 aliphatic carbocycles. The van der Waals surface area contributed by atoms with Crippen LogP contribution in [0, 0.1) is 6.92 Å². The molecule has 3 nitrogen and oxygen atoms in total. The molecule has 2 amide bonds. The van der Waals surface area contributed by atoms with Gasteiger partial charge in [-0.3, -0.25) is 0 Å². The van der Waals surface area contributed by atoms with Crippen LogP contribution in [0.4, 0.5) is 23.7 Å². The van der Waals surface area contributed by atoms with Crippen molar-refractivity contribution >= 4 is 11.7 Å². The van der Waals surface area contributed by atoms with E-state index < -0.39 is 11.7 Å². The molecular weight excluding hydrogens is 269 g/mol. The van der Waals surface area contributed by atoms with Gasteiger partial charge in [0.25, 0.3) is 0 Å². The average molecular weight is 290 g/mol. The molecule has 0 saturated heterocycles. The molecule has 0 unspecified atom stereocenters. The summed E-state index contributed by atoms with van der Waals surface area (Å²) in [6.45, 7) is 7.85. The molecule has 114 valence electrons. The molecule has 0 heterocycles. The number of hydrogen-bond donors (Lipinski definition) is 1. The summed E-state index contributed by atoms with van der Waals surface area (Å²) in [5.41, 5.74) is 0.0397. The van der Waals surface area contributed by atoms with Crippen molar-refractivity contribution in [2.24, 2.45) is 0 Å². The van der Waals surface area contributed by atoms with Gasteiger partial charge in [0.15, 0.2) is 0 Å². The standard InChI is InChI=1S/C12H15F3N2O.C2H6/c1-4-17(3)11(18)16-10-6-5-9(7-8(10)2)12(13,14)15;1-2/h5-7H,4H2,1-3H3,(H,16,18);1-2H3. The van der Waals surface area contributed by atoms with Crippen LogP contribution in [0.1, 0.15) is 31.9 Å². The molecule has 0 saturated carbocycles. The van der Waals surface area contributed by atoms with Gasteiger partial charge in [0.2, 0.25) is 0 Å². The number of rotatable bonds is 2. The van der Waals surface area contributed by atoms with E-state index in [1.807, 2.05) is 13.8 Å². The molecule has 0 bridgehead atoms. The monoisotopic (exact) mass is 290 g/mol. The normalized spacial score (nSPS) is 10.4. The van der Waals surface area contributed by atoms with Gasteiger partial charge in [0.05, 0.1) is 5.56 Å². The molecule has 1 aromatic carbocycles. The summed E-state index contributed by atoms with van der Waals surface area (Å²) in [7, 11) is 1.61. The van der Waals surface area contributed by atoms with Crippen LogP contribution in [0.5, 0.6) is 0 Å². The van der Waals surface area contributed by atoms with Gasteiger partial charge in [-0.15, -0.1) is 0 Å². The Balaban J connectivity index is 0.00000172. The third-order valence-electron chi connectivity index (χ3n) is 2.62. The molecule has 20 heavy (non-hydrogen) atoms. The minimum Gasteiger partial charge on any atom is -0.328 e. The fourth-order valence-electron chi connectivity index (χ4n) is 1.33. The second-order valence-electron chi connectivity index (χ2n) is 3.97. The van der Waals surface area contributed by atoms with Crippen LogP contribution in [-0.2, 0) is 6.18 Å². The lowest BCUT2D eigenvalue weighted by Crippen LogP contribution is -2.31. The highest BCUT2D eigenvalue weighted by Gasteiger charge is 2.30. The number of urea groups is 1. The largest absolute Gasteiger partial charge is 0.416 e. The third kappa shape index (κ3) is 5.11. The summed E-state index contributed by atoms with van der Waals surface area (Å²) in [5.74, 6) is 0. The quantitative estimate of drug-likeness (QED) is 0.853. The molecule has 0 aromatic heterocycles. The van der Waals surface area contributed by atoms with E-state index in [2.05, 4.69) is 5.32 Å². The first-order valence-electron chi connectivity index (χ1n) is 6.45. The van der Waals surface area contributed by atoms with Crippen molar-refractivity contribution < 1.29 is 18.0 Å². The lowest BCUT2D eigenvalue weighted by Gasteiger charge is -2.17. The summed E-state index contributed by atoms with van der Waals surface area (Å²) in [6, 6.07) is 2.88. The highest BCUT2D eigenvalue weighted by atomic mass is 19.4. The SMILES string of the molecule is CC.CCN(C)C(=O)Nc1ccc(C(F)(F)F)cc1C. The smallest absolute Gasteiger partial charge is 0.328 e. The number of halogens is 3. The summed E-state index contributed by atoms with van der Waals surface area (Å²) in [4.78, 5) is 13.0. The molecule has 0 aliphatic rings. The fourth-order valence-corrected chi connectivity index (χ4v) is 1.33. The van der Waals surface area contributed by atoms with Crippen LogP contribution < -0.4 is 5.32 Å². The Bertz CT molecular complexity index is 445. The van der Waals surface area contributed by atoms with Crippen LogP contribution in [-0.4, -0.2) is 24.5 Å². The number of hydrogen-bond acceptors (Lipinski definition) is 1. The van der Waals surface area contributed by atoms with Gasteiger partial charge in [-0.25, -0.2) is 4.79 Å². The molecule has 0 fully saturated rings. The van der Waals surface area contributed by atoms with E-state index in [4.69, 9.17) is 0 Å². The van der Waals surface area contributed by atoms with Gasteiger partial charge in [-0.05, 0) is 37.6 Å². The Morgan fingerprint density at radius 3 is 2.25 bits per heavy atom. The highest BCUT2D eigenvalue weighted by Crippen LogP contribution is 2.31. The fraction of sp³-hybridized carbons (Fsp3) is 0.500. The maximum Gasteiger partial charge on any atom is 0.416 e. The summed E-state index contributed by atoms with van der Waals surface area (Å²) in [5, 5.41) is 2.56. The van der Waals surface area contributed by atoms with Crippen molar-refractivity contribution in [3.05, 3.63) is 29.3 Å². The molecule has 1 rings (SSSR count). The van der Waals surface area contributed by atoms with Crippen molar-refractivity contribution in [2.45, 2.75) is 33.9 Å². The predicted octanol–water partition coefficient (Wildman–Crippen LogP) is 4.52. The van der Waals surface area contributed by atoms with E-state index >= 15 is 0 Å². The number of amides is 2. The predicted molar refractivity (Wildman–Crippen MR) is 74.9 cm³/mol. The number of nitrogens with zero attached hydrogens (tertiary/aromatic N) is 1. The molecule has 1 aromatic rings. The highest BCUT2D eigenvalue weighted by molar-refractivity contribution is 5.89. The van der Waals surface area contributed by atoms with Crippen molar-refractivity contribution in [3.63, 3.8) is 0 Å². The second-order valence-corrected chi connectivity index (χ2v) is 3.97. The van der Waals surface area contributed by atoms with E-state index in [9.17, 15) is 18.0 Å². The maximum atomic E-state index is 12.4. The first kappa shape index (κ1) is 18.3. The zero-order valence-corrected chi connectivity index (χ0v) is 12.4. The van der Waals surface area contributed by atoms with Crippen molar-refractivity contribution in [1.29, 1.82) is 0 Å². The number of nitrogens with one attached hydrogen (secondary N) is 1. The molecule has 0 atom stereocenters. The van der Waals surface area contributed by atoms with Gasteiger partial charge in [-0.2, -0.15) is 13.2 Å². The lowest BCUT2D eigenvalue weighted by molar-refractivity contribution is -0.137. The van der Waals surface area contributed by atoms with Crippen molar-refractivity contribution in [2.75, 3.05) is 18.9 Å². The van der Waals surface area contributed by atoms with E-state index in [0.717, 1.165) is 12.1 Å². The molecule has 0 radical (unpaired) electrons. The molecular formula is C14H21F3N2O. The van der Waals surface area contributed by atoms with E-state index in [1.165, 1.54) is 17.9 Å². The number of carbonyl (C=O) groups is 1. The minimum atomic E-state index is -4.37. The maximum absolute atomic E-state index is 12.4. The number of alkyl halides is 3. The van der Waals surface area contributed by atoms with Gasteiger partial charge in [-0.1, -0.05) is 13.8 Å². The zero-order chi connectivity index (χ0) is 15.9. The van der Waals surface area contributed by atoms with Crippen LogP contribution in [0.25, 0.3) is 0 Å². The lowest BCUT2D eigenvalue weighted by atomic mass is 10.1. The molecule has 0 aliphatic heterocycles. The van der Waals surface area contributed by atoms with Crippen molar-refractivity contribution in [3.8, 4) is 0 Å². The zero-order valence-electron chi connectivity index (χ0n) is 12.4. The second kappa shape index (κ2) is 7.77. The van der Waals surface area contributed by atoms with Gasteiger partial charge in [0.1, 0.15) is 0 Å². The van der Waals surface area contributed by atoms with E-state index in [0.29, 0.717) is 17.8 Å².